The Balaban J connectivity index is 2.02. The van der Waals surface area contributed by atoms with E-state index in [0.717, 1.165) is 0 Å². The Morgan fingerprint density at radius 3 is 2.50 bits per heavy atom. The number of halogens is 1. The molecule has 0 aromatic heterocycles. The lowest BCUT2D eigenvalue weighted by Crippen LogP contribution is -2.49. The fourth-order valence-electron chi connectivity index (χ4n) is 2.10. The van der Waals surface area contributed by atoms with E-state index in [-0.39, 0.29) is 18.9 Å². The molecule has 2 rings (SSSR count). The summed E-state index contributed by atoms with van der Waals surface area (Å²) in [4.78, 5) is 25.8. The van der Waals surface area contributed by atoms with Crippen LogP contribution in [0.3, 0.4) is 0 Å². The molecule has 1 saturated heterocycles. The van der Waals surface area contributed by atoms with Crippen molar-refractivity contribution in [1.29, 1.82) is 0 Å². The molecule has 1 aromatic rings. The van der Waals surface area contributed by atoms with Crippen LogP contribution in [0.1, 0.15) is 31.1 Å². The van der Waals surface area contributed by atoms with Crippen LogP contribution >= 0.6 is 0 Å². The van der Waals surface area contributed by atoms with Crippen LogP contribution in [-0.2, 0) is 9.47 Å². The summed E-state index contributed by atoms with van der Waals surface area (Å²) in [7, 11) is 0. The molecule has 0 N–H and O–H groups in total. The molecule has 1 unspecified atom stereocenters. The van der Waals surface area contributed by atoms with Crippen molar-refractivity contribution in [3.05, 3.63) is 35.6 Å². The van der Waals surface area contributed by atoms with Gasteiger partial charge in [-0.2, -0.15) is 0 Å². The highest BCUT2D eigenvalue weighted by Crippen LogP contribution is 2.16. The average molecular weight is 309 g/mol. The number of carbonyl (C=O) groups excluding carboxylic acids is 2. The number of ether oxygens (including phenoxy) is 2. The van der Waals surface area contributed by atoms with Crippen LogP contribution in [0, 0.1) is 5.82 Å². The lowest BCUT2D eigenvalue weighted by Gasteiger charge is -2.33. The van der Waals surface area contributed by atoms with Gasteiger partial charge in [-0.15, -0.1) is 0 Å². The van der Waals surface area contributed by atoms with Crippen LogP contribution in [0.5, 0.6) is 0 Å². The largest absolute Gasteiger partial charge is 0.444 e. The fraction of sp³-hybridized carbons (Fsp3) is 0.500. The van der Waals surface area contributed by atoms with Gasteiger partial charge in [0.15, 0.2) is 5.78 Å². The first-order valence-corrected chi connectivity index (χ1v) is 7.15. The van der Waals surface area contributed by atoms with Crippen LogP contribution in [0.4, 0.5) is 9.18 Å². The average Bonchev–Trinajstić information content (AvgIpc) is 2.46. The summed E-state index contributed by atoms with van der Waals surface area (Å²) in [6.07, 6.45) is -1.22. The maximum Gasteiger partial charge on any atom is 0.410 e. The monoisotopic (exact) mass is 309 g/mol. The summed E-state index contributed by atoms with van der Waals surface area (Å²) in [6.45, 7) is 6.12. The van der Waals surface area contributed by atoms with E-state index in [9.17, 15) is 14.0 Å². The minimum Gasteiger partial charge on any atom is -0.444 e. The third-order valence-corrected chi connectivity index (χ3v) is 3.14. The fourth-order valence-corrected chi connectivity index (χ4v) is 2.10. The molecule has 0 spiro atoms. The molecule has 0 saturated carbocycles. The highest BCUT2D eigenvalue weighted by atomic mass is 19.1. The van der Waals surface area contributed by atoms with Crippen molar-refractivity contribution in [1.82, 2.24) is 4.90 Å². The Kier molecular flexibility index (Phi) is 4.81. The summed E-state index contributed by atoms with van der Waals surface area (Å²) < 4.78 is 23.6. The lowest BCUT2D eigenvalue weighted by molar-refractivity contribution is -0.0321. The van der Waals surface area contributed by atoms with Crippen molar-refractivity contribution in [3.63, 3.8) is 0 Å². The van der Waals surface area contributed by atoms with E-state index in [1.807, 2.05) is 0 Å². The number of nitrogens with zero attached hydrogens (tertiary/aromatic N) is 1. The molecule has 1 amide bonds. The third-order valence-electron chi connectivity index (χ3n) is 3.14. The predicted octanol–water partition coefficient (Wildman–Crippen LogP) is 2.64. The van der Waals surface area contributed by atoms with Gasteiger partial charge in [-0.25, -0.2) is 9.18 Å². The molecule has 5 nitrogen and oxygen atoms in total. The zero-order valence-electron chi connectivity index (χ0n) is 13.0. The van der Waals surface area contributed by atoms with Crippen molar-refractivity contribution < 1.29 is 23.5 Å². The summed E-state index contributed by atoms with van der Waals surface area (Å²) in [5.74, 6) is -0.676. The standard InChI is InChI=1S/C16H20FNO4/c1-16(2,3)22-15(20)18-8-9-21-13(10-18)14(19)11-4-6-12(17)7-5-11/h4-7,13H,8-10H2,1-3H3. The van der Waals surface area contributed by atoms with Crippen molar-refractivity contribution in [2.75, 3.05) is 19.7 Å². The number of Topliss-reactive ketones (excluding diaryl/α,β-unsaturated/α-hetero) is 1. The first kappa shape index (κ1) is 16.4. The Labute approximate surface area is 129 Å². The molecule has 1 atom stereocenters. The minimum absolute atomic E-state index is 0.130. The summed E-state index contributed by atoms with van der Waals surface area (Å²) in [6, 6.07) is 5.27. The van der Waals surface area contributed by atoms with Gasteiger partial charge in [0.05, 0.1) is 13.2 Å². The van der Waals surface area contributed by atoms with Crippen LogP contribution in [0.25, 0.3) is 0 Å². The van der Waals surface area contributed by atoms with Gasteiger partial charge in [0.25, 0.3) is 0 Å². The van der Waals surface area contributed by atoms with Gasteiger partial charge in [0.2, 0.25) is 0 Å². The number of carbonyl (C=O) groups is 2. The number of hydrogen-bond donors (Lipinski definition) is 0. The number of rotatable bonds is 2. The van der Waals surface area contributed by atoms with Crippen LogP contribution in [0.2, 0.25) is 0 Å². The van der Waals surface area contributed by atoms with Crippen LogP contribution < -0.4 is 0 Å². The summed E-state index contributed by atoms with van der Waals surface area (Å²) >= 11 is 0. The van der Waals surface area contributed by atoms with Crippen molar-refractivity contribution in [2.45, 2.75) is 32.5 Å². The van der Waals surface area contributed by atoms with Gasteiger partial charge in [0, 0.05) is 12.1 Å². The molecule has 0 aliphatic carbocycles. The maximum atomic E-state index is 12.9. The molecule has 1 heterocycles. The highest BCUT2D eigenvalue weighted by Gasteiger charge is 2.32. The molecular weight excluding hydrogens is 289 g/mol. The van der Waals surface area contributed by atoms with E-state index in [4.69, 9.17) is 9.47 Å². The van der Waals surface area contributed by atoms with E-state index in [1.54, 1.807) is 20.8 Å². The van der Waals surface area contributed by atoms with E-state index in [1.165, 1.54) is 29.2 Å². The second kappa shape index (κ2) is 6.44. The van der Waals surface area contributed by atoms with E-state index < -0.39 is 23.6 Å². The maximum absolute atomic E-state index is 12.9. The molecule has 22 heavy (non-hydrogen) atoms. The minimum atomic E-state index is -0.758. The van der Waals surface area contributed by atoms with Gasteiger partial charge in [-0.05, 0) is 45.0 Å². The molecule has 1 aliphatic heterocycles. The van der Waals surface area contributed by atoms with Crippen LogP contribution in [0.15, 0.2) is 24.3 Å². The Morgan fingerprint density at radius 1 is 1.27 bits per heavy atom. The molecule has 0 bridgehead atoms. The van der Waals surface area contributed by atoms with Gasteiger partial charge in [-0.1, -0.05) is 0 Å². The number of ketones is 1. The summed E-state index contributed by atoms with van der Waals surface area (Å²) in [5, 5.41) is 0. The molecule has 1 fully saturated rings. The molecule has 1 aliphatic rings. The molecule has 120 valence electrons. The Bertz CT molecular complexity index is 550. The van der Waals surface area contributed by atoms with Gasteiger partial charge in [0.1, 0.15) is 17.5 Å². The smallest absolute Gasteiger partial charge is 0.410 e. The first-order valence-electron chi connectivity index (χ1n) is 7.15. The van der Waals surface area contributed by atoms with Gasteiger partial charge < -0.3 is 14.4 Å². The molecule has 1 aromatic carbocycles. The second-order valence-electron chi connectivity index (χ2n) is 6.16. The first-order chi connectivity index (χ1) is 10.3. The highest BCUT2D eigenvalue weighted by molar-refractivity contribution is 5.99. The summed E-state index contributed by atoms with van der Waals surface area (Å²) in [5.41, 5.74) is -0.233. The third kappa shape index (κ3) is 4.27. The lowest BCUT2D eigenvalue weighted by atomic mass is 10.0. The van der Waals surface area contributed by atoms with Crippen LogP contribution in [-0.4, -0.2) is 48.2 Å². The predicted molar refractivity (Wildman–Crippen MR) is 78.3 cm³/mol. The molecular formula is C16H20FNO4. The zero-order chi connectivity index (χ0) is 16.3. The van der Waals surface area contributed by atoms with Crippen molar-refractivity contribution >= 4 is 11.9 Å². The number of amides is 1. The Morgan fingerprint density at radius 2 is 1.91 bits per heavy atom. The van der Waals surface area contributed by atoms with E-state index in [2.05, 4.69) is 0 Å². The number of hydrogen-bond acceptors (Lipinski definition) is 4. The quantitative estimate of drug-likeness (QED) is 0.788. The van der Waals surface area contributed by atoms with Gasteiger partial charge in [-0.3, -0.25) is 4.79 Å². The molecule has 6 heteroatoms. The second-order valence-corrected chi connectivity index (χ2v) is 6.16. The SMILES string of the molecule is CC(C)(C)OC(=O)N1CCOC(C(=O)c2ccc(F)cc2)C1. The number of morpholine rings is 1. The van der Waals surface area contributed by atoms with Crippen molar-refractivity contribution in [3.8, 4) is 0 Å². The Hall–Kier alpha value is -1.95. The number of benzene rings is 1. The van der Waals surface area contributed by atoms with Crippen molar-refractivity contribution in [2.24, 2.45) is 0 Å². The van der Waals surface area contributed by atoms with Gasteiger partial charge >= 0.3 is 6.09 Å². The zero-order valence-corrected chi connectivity index (χ0v) is 13.0. The van der Waals surface area contributed by atoms with E-state index >= 15 is 0 Å². The molecule has 0 radical (unpaired) electrons. The topological polar surface area (TPSA) is 55.8 Å². The van der Waals surface area contributed by atoms with E-state index in [0.29, 0.717) is 12.1 Å². The normalized spacial score (nSPS) is 18.9.